The van der Waals surface area contributed by atoms with E-state index in [1.807, 2.05) is 25.1 Å². The number of nitrogens with zero attached hydrogens (tertiary/aromatic N) is 1. The van der Waals surface area contributed by atoms with Gasteiger partial charge in [0, 0.05) is 6.04 Å². The molecule has 1 N–H and O–H groups in total. The SMILES string of the molecule is CC(C)CC1NC(=O)CN(C(C)Cc2ccccc2)C1=O. The largest absolute Gasteiger partial charge is 0.343 e. The Bertz CT molecular complexity index is 499. The molecule has 1 heterocycles. The minimum absolute atomic E-state index is 0.0283. The second kappa shape index (κ2) is 6.74. The minimum atomic E-state index is -0.371. The summed E-state index contributed by atoms with van der Waals surface area (Å²) in [5.74, 6) is 0.371. The number of hydrogen-bond acceptors (Lipinski definition) is 2. The van der Waals surface area contributed by atoms with E-state index in [0.29, 0.717) is 12.3 Å². The van der Waals surface area contributed by atoms with E-state index >= 15 is 0 Å². The van der Waals surface area contributed by atoms with E-state index in [9.17, 15) is 9.59 Å². The van der Waals surface area contributed by atoms with E-state index in [2.05, 4.69) is 31.3 Å². The topological polar surface area (TPSA) is 49.4 Å². The smallest absolute Gasteiger partial charge is 0.245 e. The Hall–Kier alpha value is -1.84. The molecule has 1 aliphatic heterocycles. The molecule has 1 fully saturated rings. The molecule has 4 nitrogen and oxygen atoms in total. The fraction of sp³-hybridized carbons (Fsp3) is 0.529. The second-order valence-corrected chi connectivity index (χ2v) is 6.25. The molecule has 2 atom stereocenters. The van der Waals surface area contributed by atoms with Gasteiger partial charge in [0.1, 0.15) is 6.04 Å². The van der Waals surface area contributed by atoms with Crippen molar-refractivity contribution in [2.45, 2.75) is 45.7 Å². The molecule has 0 aromatic heterocycles. The third-order valence-electron chi connectivity index (χ3n) is 3.84. The van der Waals surface area contributed by atoms with Crippen molar-refractivity contribution in [1.82, 2.24) is 10.2 Å². The number of carbonyl (C=O) groups is 2. The van der Waals surface area contributed by atoms with Crippen LogP contribution < -0.4 is 5.32 Å². The monoisotopic (exact) mass is 288 g/mol. The van der Waals surface area contributed by atoms with Crippen molar-refractivity contribution in [1.29, 1.82) is 0 Å². The normalized spacial score (nSPS) is 20.6. The van der Waals surface area contributed by atoms with Gasteiger partial charge >= 0.3 is 0 Å². The van der Waals surface area contributed by atoms with Crippen LogP contribution in [0.15, 0.2) is 30.3 Å². The Kier molecular flexibility index (Phi) is 4.99. The maximum Gasteiger partial charge on any atom is 0.245 e. The summed E-state index contributed by atoms with van der Waals surface area (Å²) in [4.78, 5) is 26.1. The van der Waals surface area contributed by atoms with Crippen molar-refractivity contribution in [3.8, 4) is 0 Å². The van der Waals surface area contributed by atoms with Crippen molar-refractivity contribution in [2.75, 3.05) is 6.54 Å². The third-order valence-corrected chi connectivity index (χ3v) is 3.84. The first kappa shape index (κ1) is 15.5. The lowest BCUT2D eigenvalue weighted by Gasteiger charge is -2.37. The number of piperazine rings is 1. The predicted molar refractivity (Wildman–Crippen MR) is 82.7 cm³/mol. The summed E-state index contributed by atoms with van der Waals surface area (Å²) in [6, 6.07) is 9.73. The quantitative estimate of drug-likeness (QED) is 0.901. The van der Waals surface area contributed by atoms with Crippen molar-refractivity contribution >= 4 is 11.8 Å². The number of benzene rings is 1. The highest BCUT2D eigenvalue weighted by molar-refractivity contribution is 5.95. The van der Waals surface area contributed by atoms with Gasteiger partial charge in [0.05, 0.1) is 6.54 Å². The molecule has 0 saturated carbocycles. The molecular formula is C17H24N2O2. The molecule has 1 aromatic carbocycles. The zero-order valence-electron chi connectivity index (χ0n) is 13.0. The van der Waals surface area contributed by atoms with Gasteiger partial charge in [0.2, 0.25) is 11.8 Å². The van der Waals surface area contributed by atoms with Crippen LogP contribution in [0.2, 0.25) is 0 Å². The third kappa shape index (κ3) is 4.06. The molecule has 2 unspecified atom stereocenters. The highest BCUT2D eigenvalue weighted by Crippen LogP contribution is 2.16. The maximum atomic E-state index is 12.5. The fourth-order valence-electron chi connectivity index (χ4n) is 2.80. The summed E-state index contributed by atoms with van der Waals surface area (Å²) in [7, 11) is 0. The lowest BCUT2D eigenvalue weighted by Crippen LogP contribution is -2.60. The summed E-state index contributed by atoms with van der Waals surface area (Å²) in [5, 5.41) is 2.82. The van der Waals surface area contributed by atoms with Gasteiger partial charge in [0.25, 0.3) is 0 Å². The van der Waals surface area contributed by atoms with E-state index in [0.717, 1.165) is 6.42 Å². The number of hydrogen-bond donors (Lipinski definition) is 1. The molecule has 0 radical (unpaired) electrons. The first-order valence-electron chi connectivity index (χ1n) is 7.61. The molecule has 4 heteroatoms. The standard InChI is InChI=1S/C17H24N2O2/c1-12(2)9-15-17(21)19(11-16(20)18-15)13(3)10-14-7-5-4-6-8-14/h4-8,12-13,15H,9-11H2,1-3H3,(H,18,20). The van der Waals surface area contributed by atoms with Gasteiger partial charge in [-0.25, -0.2) is 0 Å². The van der Waals surface area contributed by atoms with Crippen LogP contribution in [0, 0.1) is 5.92 Å². The summed E-state index contributed by atoms with van der Waals surface area (Å²) in [6.07, 6.45) is 1.47. The van der Waals surface area contributed by atoms with Crippen LogP contribution in [-0.2, 0) is 16.0 Å². The van der Waals surface area contributed by atoms with Gasteiger partial charge in [-0.15, -0.1) is 0 Å². The first-order chi connectivity index (χ1) is 9.97. The maximum absolute atomic E-state index is 12.5. The van der Waals surface area contributed by atoms with Crippen LogP contribution in [-0.4, -0.2) is 35.3 Å². The second-order valence-electron chi connectivity index (χ2n) is 6.25. The van der Waals surface area contributed by atoms with Gasteiger partial charge in [-0.2, -0.15) is 0 Å². The highest BCUT2D eigenvalue weighted by atomic mass is 16.2. The van der Waals surface area contributed by atoms with Gasteiger partial charge in [-0.3, -0.25) is 9.59 Å². The predicted octanol–water partition coefficient (Wildman–Crippen LogP) is 1.99. The molecule has 1 saturated heterocycles. The average molecular weight is 288 g/mol. The van der Waals surface area contributed by atoms with Crippen LogP contribution in [0.5, 0.6) is 0 Å². The van der Waals surface area contributed by atoms with Gasteiger partial charge in [0.15, 0.2) is 0 Å². The molecule has 2 amide bonds. The summed E-state index contributed by atoms with van der Waals surface area (Å²) < 4.78 is 0. The van der Waals surface area contributed by atoms with Crippen LogP contribution in [0.1, 0.15) is 32.8 Å². The van der Waals surface area contributed by atoms with Crippen molar-refractivity contribution < 1.29 is 9.59 Å². The number of nitrogens with one attached hydrogen (secondary N) is 1. The Labute approximate surface area is 126 Å². The zero-order chi connectivity index (χ0) is 15.4. The Morgan fingerprint density at radius 1 is 1.19 bits per heavy atom. The van der Waals surface area contributed by atoms with Gasteiger partial charge in [-0.05, 0) is 31.2 Å². The summed E-state index contributed by atoms with van der Waals surface area (Å²) in [6.45, 7) is 6.30. The molecule has 0 bridgehead atoms. The van der Waals surface area contributed by atoms with Gasteiger partial charge < -0.3 is 10.2 Å². The summed E-state index contributed by atoms with van der Waals surface area (Å²) >= 11 is 0. The zero-order valence-corrected chi connectivity index (χ0v) is 13.0. The number of carbonyl (C=O) groups excluding carboxylic acids is 2. The molecule has 1 aliphatic rings. The molecular weight excluding hydrogens is 264 g/mol. The lowest BCUT2D eigenvalue weighted by atomic mass is 9.98. The van der Waals surface area contributed by atoms with Crippen molar-refractivity contribution in [3.63, 3.8) is 0 Å². The van der Waals surface area contributed by atoms with E-state index in [1.54, 1.807) is 4.90 Å². The Morgan fingerprint density at radius 2 is 1.86 bits per heavy atom. The summed E-state index contributed by atoms with van der Waals surface area (Å²) in [5.41, 5.74) is 1.18. The van der Waals surface area contributed by atoms with Gasteiger partial charge in [-0.1, -0.05) is 44.2 Å². The van der Waals surface area contributed by atoms with E-state index in [1.165, 1.54) is 5.56 Å². The number of amides is 2. The molecule has 114 valence electrons. The van der Waals surface area contributed by atoms with E-state index in [-0.39, 0.29) is 30.4 Å². The highest BCUT2D eigenvalue weighted by Gasteiger charge is 2.35. The minimum Gasteiger partial charge on any atom is -0.343 e. The first-order valence-corrected chi connectivity index (χ1v) is 7.61. The lowest BCUT2D eigenvalue weighted by molar-refractivity contribution is -0.146. The number of rotatable bonds is 5. The van der Waals surface area contributed by atoms with Crippen LogP contribution in [0.3, 0.4) is 0 Å². The molecule has 0 aliphatic carbocycles. The molecule has 2 rings (SSSR count). The Balaban J connectivity index is 2.06. The van der Waals surface area contributed by atoms with Crippen molar-refractivity contribution in [2.24, 2.45) is 5.92 Å². The molecule has 1 aromatic rings. The van der Waals surface area contributed by atoms with Crippen LogP contribution in [0.25, 0.3) is 0 Å². The van der Waals surface area contributed by atoms with Crippen LogP contribution >= 0.6 is 0 Å². The van der Waals surface area contributed by atoms with Crippen LogP contribution in [0.4, 0.5) is 0 Å². The van der Waals surface area contributed by atoms with Crippen molar-refractivity contribution in [3.05, 3.63) is 35.9 Å². The molecule has 0 spiro atoms. The van der Waals surface area contributed by atoms with E-state index in [4.69, 9.17) is 0 Å². The Morgan fingerprint density at radius 3 is 2.48 bits per heavy atom. The molecule has 21 heavy (non-hydrogen) atoms. The fourth-order valence-corrected chi connectivity index (χ4v) is 2.80. The average Bonchev–Trinajstić information content (AvgIpc) is 2.43. The van der Waals surface area contributed by atoms with E-state index < -0.39 is 0 Å².